The molecule has 0 bridgehead atoms. The molecule has 0 radical (unpaired) electrons. The quantitative estimate of drug-likeness (QED) is 0.552. The van der Waals surface area contributed by atoms with Gasteiger partial charge in [-0.15, -0.1) is 0 Å². The Morgan fingerprint density at radius 3 is 2.67 bits per heavy atom. The van der Waals surface area contributed by atoms with Gasteiger partial charge >= 0.3 is 0 Å². The molecule has 2 aromatic heterocycles. The molecule has 12 heavy (non-hydrogen) atoms. The number of nitrogens with zero attached hydrogens (tertiary/aromatic N) is 3. The molecular formula is C7H6IN3S. The minimum atomic E-state index is 0.815. The van der Waals surface area contributed by atoms with Crippen molar-refractivity contribution < 1.29 is 0 Å². The molecule has 0 aromatic carbocycles. The second-order valence-corrected chi connectivity index (χ2v) is 4.65. The molecule has 2 heterocycles. The van der Waals surface area contributed by atoms with Gasteiger partial charge in [-0.1, -0.05) is 11.3 Å². The van der Waals surface area contributed by atoms with E-state index in [1.165, 1.54) is 0 Å². The molecule has 0 saturated carbocycles. The van der Waals surface area contributed by atoms with Crippen molar-refractivity contribution in [3.63, 3.8) is 0 Å². The Hall–Kier alpha value is -0.300. The van der Waals surface area contributed by atoms with Gasteiger partial charge in [0.05, 0.1) is 5.01 Å². The molecule has 0 unspecified atom stereocenters. The van der Waals surface area contributed by atoms with E-state index >= 15 is 0 Å². The summed E-state index contributed by atoms with van der Waals surface area (Å²) in [6.45, 7) is 3.88. The number of aryl methyl sites for hydroxylation is 2. The van der Waals surface area contributed by atoms with Crippen LogP contribution in [0.2, 0.25) is 0 Å². The number of halogens is 1. The highest BCUT2D eigenvalue weighted by Gasteiger charge is 2.07. The van der Waals surface area contributed by atoms with Gasteiger partial charge in [-0.25, -0.2) is 15.0 Å². The normalized spacial score (nSPS) is 10.9. The highest BCUT2D eigenvalue weighted by atomic mass is 127. The fourth-order valence-electron chi connectivity index (χ4n) is 0.993. The van der Waals surface area contributed by atoms with E-state index in [1.807, 2.05) is 13.8 Å². The van der Waals surface area contributed by atoms with Crippen molar-refractivity contribution in [3.8, 4) is 0 Å². The fraction of sp³-hybridized carbons (Fsp3) is 0.286. The zero-order valence-corrected chi connectivity index (χ0v) is 9.60. The van der Waals surface area contributed by atoms with Crippen molar-refractivity contribution in [2.24, 2.45) is 0 Å². The summed E-state index contributed by atoms with van der Waals surface area (Å²) in [4.78, 5) is 13.9. The third-order valence-electron chi connectivity index (χ3n) is 1.43. The summed E-state index contributed by atoms with van der Waals surface area (Å²) in [6.07, 6.45) is 0. The van der Waals surface area contributed by atoms with Gasteiger partial charge in [0.2, 0.25) is 0 Å². The van der Waals surface area contributed by atoms with Crippen LogP contribution in [0.4, 0.5) is 0 Å². The largest absolute Gasteiger partial charge is 0.237 e. The van der Waals surface area contributed by atoms with Gasteiger partial charge in [-0.2, -0.15) is 0 Å². The zero-order chi connectivity index (χ0) is 8.72. The maximum Gasteiger partial charge on any atom is 0.148 e. The van der Waals surface area contributed by atoms with Crippen LogP contribution in [0.1, 0.15) is 10.8 Å². The Kier molecular flexibility index (Phi) is 1.99. The Bertz CT molecular complexity index is 437. The van der Waals surface area contributed by atoms with E-state index in [2.05, 4.69) is 37.5 Å². The maximum atomic E-state index is 4.34. The van der Waals surface area contributed by atoms with Crippen molar-refractivity contribution in [1.82, 2.24) is 15.0 Å². The Labute approximate surface area is 87.4 Å². The van der Waals surface area contributed by atoms with E-state index in [1.54, 1.807) is 11.3 Å². The predicted octanol–water partition coefficient (Wildman–Crippen LogP) is 2.31. The lowest BCUT2D eigenvalue weighted by atomic mass is 10.5. The molecule has 2 aromatic rings. The van der Waals surface area contributed by atoms with Crippen LogP contribution in [0.5, 0.6) is 0 Å². The molecule has 0 atom stereocenters. The SMILES string of the molecule is Cc1nc(I)c2nc(C)sc2n1. The van der Waals surface area contributed by atoms with Crippen LogP contribution in [0.25, 0.3) is 10.3 Å². The predicted molar refractivity (Wildman–Crippen MR) is 57.4 cm³/mol. The van der Waals surface area contributed by atoms with Crippen molar-refractivity contribution in [2.75, 3.05) is 0 Å². The molecule has 5 heteroatoms. The number of hydrogen-bond donors (Lipinski definition) is 0. The maximum absolute atomic E-state index is 4.34. The van der Waals surface area contributed by atoms with Crippen LogP contribution >= 0.6 is 33.9 Å². The van der Waals surface area contributed by atoms with E-state index in [9.17, 15) is 0 Å². The molecule has 0 amide bonds. The third-order valence-corrected chi connectivity index (χ3v) is 3.05. The molecule has 0 aliphatic heterocycles. The van der Waals surface area contributed by atoms with Gasteiger partial charge in [0, 0.05) is 0 Å². The van der Waals surface area contributed by atoms with Crippen LogP contribution in [-0.4, -0.2) is 15.0 Å². The van der Waals surface area contributed by atoms with E-state index in [0.29, 0.717) is 0 Å². The van der Waals surface area contributed by atoms with Crippen molar-refractivity contribution in [2.45, 2.75) is 13.8 Å². The lowest BCUT2D eigenvalue weighted by Crippen LogP contribution is -1.90. The molecule has 0 saturated heterocycles. The van der Waals surface area contributed by atoms with Crippen LogP contribution < -0.4 is 0 Å². The summed E-state index contributed by atoms with van der Waals surface area (Å²) in [5.74, 6) is 0.815. The first-order valence-electron chi connectivity index (χ1n) is 3.44. The van der Waals surface area contributed by atoms with Crippen LogP contribution in [-0.2, 0) is 0 Å². The molecule has 62 valence electrons. The number of thiazole rings is 1. The highest BCUT2D eigenvalue weighted by molar-refractivity contribution is 14.1. The standard InChI is InChI=1S/C7H6IN3S/c1-3-9-6(8)5-7(10-3)12-4(2)11-5/h1-2H3. The number of rotatable bonds is 0. The lowest BCUT2D eigenvalue weighted by molar-refractivity contribution is 1.07. The van der Waals surface area contributed by atoms with Gasteiger partial charge < -0.3 is 0 Å². The highest BCUT2D eigenvalue weighted by Crippen LogP contribution is 2.22. The van der Waals surface area contributed by atoms with E-state index in [4.69, 9.17) is 0 Å². The van der Waals surface area contributed by atoms with Crippen molar-refractivity contribution in [1.29, 1.82) is 0 Å². The molecule has 0 N–H and O–H groups in total. The number of fused-ring (bicyclic) bond motifs is 1. The molecule has 0 spiro atoms. The summed E-state index contributed by atoms with van der Waals surface area (Å²) < 4.78 is 0.944. The average Bonchev–Trinajstić information content (AvgIpc) is 2.29. The summed E-state index contributed by atoms with van der Waals surface area (Å²) >= 11 is 3.80. The molecule has 0 aliphatic rings. The molecule has 2 rings (SSSR count). The Morgan fingerprint density at radius 1 is 1.17 bits per heavy atom. The fourth-order valence-corrected chi connectivity index (χ4v) is 2.74. The molecule has 0 aliphatic carbocycles. The van der Waals surface area contributed by atoms with Gasteiger partial charge in [0.25, 0.3) is 0 Å². The van der Waals surface area contributed by atoms with E-state index in [0.717, 1.165) is 24.9 Å². The monoisotopic (exact) mass is 291 g/mol. The first-order chi connectivity index (χ1) is 5.66. The smallest absolute Gasteiger partial charge is 0.148 e. The Morgan fingerprint density at radius 2 is 1.92 bits per heavy atom. The Balaban J connectivity index is 2.88. The number of aromatic nitrogens is 3. The average molecular weight is 291 g/mol. The van der Waals surface area contributed by atoms with Crippen LogP contribution in [0.3, 0.4) is 0 Å². The van der Waals surface area contributed by atoms with Crippen molar-refractivity contribution in [3.05, 3.63) is 14.5 Å². The zero-order valence-electron chi connectivity index (χ0n) is 6.63. The van der Waals surface area contributed by atoms with Gasteiger partial charge in [0.1, 0.15) is 19.9 Å². The number of hydrogen-bond acceptors (Lipinski definition) is 4. The van der Waals surface area contributed by atoms with E-state index < -0.39 is 0 Å². The summed E-state index contributed by atoms with van der Waals surface area (Å²) in [6, 6.07) is 0. The van der Waals surface area contributed by atoms with Crippen molar-refractivity contribution >= 4 is 44.3 Å². The molecule has 3 nitrogen and oxygen atoms in total. The topological polar surface area (TPSA) is 38.7 Å². The molecule has 0 fully saturated rings. The first-order valence-corrected chi connectivity index (χ1v) is 5.33. The minimum absolute atomic E-state index is 0.815. The summed E-state index contributed by atoms with van der Waals surface area (Å²) in [5.41, 5.74) is 0.934. The third kappa shape index (κ3) is 1.31. The second-order valence-electron chi connectivity index (χ2n) is 2.45. The van der Waals surface area contributed by atoms with Crippen LogP contribution in [0.15, 0.2) is 0 Å². The first kappa shape index (κ1) is 8.31. The summed E-state index contributed by atoms with van der Waals surface area (Å²) in [7, 11) is 0. The second kappa shape index (κ2) is 2.88. The summed E-state index contributed by atoms with van der Waals surface area (Å²) in [5, 5.41) is 1.04. The van der Waals surface area contributed by atoms with Gasteiger partial charge in [0.15, 0.2) is 0 Å². The van der Waals surface area contributed by atoms with E-state index in [-0.39, 0.29) is 0 Å². The lowest BCUT2D eigenvalue weighted by Gasteiger charge is -1.92. The van der Waals surface area contributed by atoms with Crippen LogP contribution in [0, 0.1) is 17.5 Å². The molecular weight excluding hydrogens is 285 g/mol. The minimum Gasteiger partial charge on any atom is -0.237 e. The van der Waals surface area contributed by atoms with Gasteiger partial charge in [-0.05, 0) is 36.4 Å². The van der Waals surface area contributed by atoms with Gasteiger partial charge in [-0.3, -0.25) is 0 Å².